The Morgan fingerprint density at radius 2 is 1.71 bits per heavy atom. The number of hydrogen-bond donors (Lipinski definition) is 1. The van der Waals surface area contributed by atoms with Gasteiger partial charge in [-0.15, -0.1) is 0 Å². The van der Waals surface area contributed by atoms with Gasteiger partial charge in [0.05, 0.1) is 7.11 Å². The van der Waals surface area contributed by atoms with Crippen molar-refractivity contribution in [2.45, 2.75) is 39.2 Å². The summed E-state index contributed by atoms with van der Waals surface area (Å²) in [6, 6.07) is 14.5. The molecule has 0 saturated carbocycles. The summed E-state index contributed by atoms with van der Waals surface area (Å²) in [7, 11) is 1.54. The number of ether oxygens (including phenoxy) is 3. The zero-order chi connectivity index (χ0) is 20.7. The molecule has 1 amide bonds. The monoisotopic (exact) mass is 385 g/mol. The van der Waals surface area contributed by atoms with Crippen molar-refractivity contribution >= 4 is 17.6 Å². The predicted octanol–water partition coefficient (Wildman–Crippen LogP) is 3.94. The second-order valence-corrected chi connectivity index (χ2v) is 7.42. The number of amides is 1. The summed E-state index contributed by atoms with van der Waals surface area (Å²) in [6.07, 6.45) is -0.953. The molecule has 2 rings (SSSR count). The molecule has 0 saturated heterocycles. The molecule has 150 valence electrons. The third-order valence-electron chi connectivity index (χ3n) is 4.09. The largest absolute Gasteiger partial charge is 0.497 e. The molecule has 0 aliphatic heterocycles. The summed E-state index contributed by atoms with van der Waals surface area (Å²) in [6.45, 7) is 7.60. The van der Waals surface area contributed by atoms with Crippen LogP contribution in [-0.4, -0.2) is 31.7 Å². The van der Waals surface area contributed by atoms with E-state index in [2.05, 4.69) is 26.1 Å². The minimum atomic E-state index is -0.953. The summed E-state index contributed by atoms with van der Waals surface area (Å²) in [5.74, 6) is 0.135. The second-order valence-electron chi connectivity index (χ2n) is 7.42. The lowest BCUT2D eigenvalue weighted by atomic mass is 9.87. The quantitative estimate of drug-likeness (QED) is 0.731. The smallest absolute Gasteiger partial charge is 0.344 e. The lowest BCUT2D eigenvalue weighted by molar-refractivity contribution is -0.155. The Kier molecular flexibility index (Phi) is 7.04. The van der Waals surface area contributed by atoms with E-state index in [1.165, 1.54) is 12.5 Å². The van der Waals surface area contributed by atoms with Crippen LogP contribution in [0.4, 0.5) is 5.69 Å². The molecule has 0 aliphatic carbocycles. The first-order valence-electron chi connectivity index (χ1n) is 9.07. The molecule has 0 spiro atoms. The van der Waals surface area contributed by atoms with Crippen LogP contribution in [0, 0.1) is 0 Å². The molecule has 2 aromatic carbocycles. The van der Waals surface area contributed by atoms with E-state index in [1.807, 2.05) is 24.3 Å². The number of methoxy groups -OCH3 is 1. The molecule has 0 aliphatic rings. The topological polar surface area (TPSA) is 73.9 Å². The van der Waals surface area contributed by atoms with Crippen molar-refractivity contribution in [2.75, 3.05) is 19.0 Å². The first-order valence-corrected chi connectivity index (χ1v) is 9.07. The molecule has 0 aromatic heterocycles. The first kappa shape index (κ1) is 21.3. The molecule has 6 heteroatoms. The van der Waals surface area contributed by atoms with E-state index in [-0.39, 0.29) is 12.0 Å². The van der Waals surface area contributed by atoms with Crippen molar-refractivity contribution in [1.82, 2.24) is 0 Å². The standard InChI is InChI=1S/C22H27NO5/c1-15(21(25)23-17-7-6-8-19(13-17)26-5)28-20(24)14-27-18-11-9-16(10-12-18)22(2,3)4/h6-13,15H,14H2,1-5H3,(H,23,25). The fourth-order valence-electron chi connectivity index (χ4n) is 2.42. The summed E-state index contributed by atoms with van der Waals surface area (Å²) >= 11 is 0. The molecule has 0 heterocycles. The van der Waals surface area contributed by atoms with Crippen LogP contribution in [0.15, 0.2) is 48.5 Å². The Morgan fingerprint density at radius 3 is 2.32 bits per heavy atom. The zero-order valence-electron chi connectivity index (χ0n) is 16.9. The maximum absolute atomic E-state index is 12.2. The van der Waals surface area contributed by atoms with Crippen LogP contribution in [0.5, 0.6) is 11.5 Å². The number of carbonyl (C=O) groups is 2. The fourth-order valence-corrected chi connectivity index (χ4v) is 2.42. The van der Waals surface area contributed by atoms with Crippen molar-refractivity contribution < 1.29 is 23.8 Å². The van der Waals surface area contributed by atoms with Crippen molar-refractivity contribution in [3.8, 4) is 11.5 Å². The molecule has 2 aromatic rings. The van der Waals surface area contributed by atoms with Gasteiger partial charge in [0, 0.05) is 11.8 Å². The zero-order valence-corrected chi connectivity index (χ0v) is 16.9. The number of carbonyl (C=O) groups excluding carboxylic acids is 2. The van der Waals surface area contributed by atoms with Gasteiger partial charge < -0.3 is 19.5 Å². The van der Waals surface area contributed by atoms with Crippen LogP contribution in [0.2, 0.25) is 0 Å². The van der Waals surface area contributed by atoms with E-state index in [9.17, 15) is 9.59 Å². The molecular formula is C22H27NO5. The Labute approximate surface area is 165 Å². The van der Waals surface area contributed by atoms with Crippen molar-refractivity contribution in [2.24, 2.45) is 0 Å². The number of esters is 1. The minimum Gasteiger partial charge on any atom is -0.497 e. The van der Waals surface area contributed by atoms with Gasteiger partial charge in [0.25, 0.3) is 5.91 Å². The first-order chi connectivity index (χ1) is 13.2. The van der Waals surface area contributed by atoms with Crippen LogP contribution < -0.4 is 14.8 Å². The fraction of sp³-hybridized carbons (Fsp3) is 0.364. The van der Waals surface area contributed by atoms with Crippen LogP contribution in [-0.2, 0) is 19.7 Å². The SMILES string of the molecule is COc1cccc(NC(=O)C(C)OC(=O)COc2ccc(C(C)(C)C)cc2)c1. The number of anilines is 1. The third-order valence-corrected chi connectivity index (χ3v) is 4.09. The van der Waals surface area contributed by atoms with Gasteiger partial charge in [-0.05, 0) is 42.2 Å². The van der Waals surface area contributed by atoms with Crippen molar-refractivity contribution in [1.29, 1.82) is 0 Å². The highest BCUT2D eigenvalue weighted by molar-refractivity contribution is 5.95. The van der Waals surface area contributed by atoms with Crippen LogP contribution >= 0.6 is 0 Å². The van der Waals surface area contributed by atoms with Gasteiger partial charge in [0.1, 0.15) is 11.5 Å². The van der Waals surface area contributed by atoms with Crippen LogP contribution in [0.1, 0.15) is 33.3 Å². The van der Waals surface area contributed by atoms with E-state index < -0.39 is 18.0 Å². The third kappa shape index (κ3) is 6.30. The number of benzene rings is 2. The van der Waals surface area contributed by atoms with E-state index >= 15 is 0 Å². The van der Waals surface area contributed by atoms with Crippen molar-refractivity contribution in [3.05, 3.63) is 54.1 Å². The Hall–Kier alpha value is -3.02. The molecule has 1 N–H and O–H groups in total. The summed E-state index contributed by atoms with van der Waals surface area (Å²) in [5.41, 5.74) is 1.77. The number of hydrogen-bond acceptors (Lipinski definition) is 5. The number of nitrogens with one attached hydrogen (secondary N) is 1. The molecule has 6 nitrogen and oxygen atoms in total. The highest BCUT2D eigenvalue weighted by Gasteiger charge is 2.19. The maximum atomic E-state index is 12.2. The highest BCUT2D eigenvalue weighted by Crippen LogP contribution is 2.24. The van der Waals surface area contributed by atoms with Gasteiger partial charge in [-0.1, -0.05) is 39.0 Å². The molecule has 0 radical (unpaired) electrons. The minimum absolute atomic E-state index is 0.0447. The molecule has 0 fully saturated rings. The predicted molar refractivity (Wildman–Crippen MR) is 108 cm³/mol. The van der Waals surface area contributed by atoms with E-state index in [4.69, 9.17) is 14.2 Å². The normalized spacial score (nSPS) is 12.0. The molecule has 28 heavy (non-hydrogen) atoms. The van der Waals surface area contributed by atoms with Gasteiger partial charge in [-0.3, -0.25) is 4.79 Å². The molecule has 1 atom stereocenters. The van der Waals surface area contributed by atoms with Crippen molar-refractivity contribution in [3.63, 3.8) is 0 Å². The highest BCUT2D eigenvalue weighted by atomic mass is 16.6. The Bertz CT molecular complexity index is 808. The Morgan fingerprint density at radius 1 is 1.04 bits per heavy atom. The molecule has 1 unspecified atom stereocenters. The summed E-state index contributed by atoms with van der Waals surface area (Å²) < 4.78 is 15.7. The molecular weight excluding hydrogens is 358 g/mol. The van der Waals surface area contributed by atoms with Crippen LogP contribution in [0.3, 0.4) is 0 Å². The van der Waals surface area contributed by atoms with Gasteiger partial charge in [-0.2, -0.15) is 0 Å². The van der Waals surface area contributed by atoms with Gasteiger partial charge in [0.2, 0.25) is 0 Å². The van der Waals surface area contributed by atoms with Crippen LogP contribution in [0.25, 0.3) is 0 Å². The second kappa shape index (κ2) is 9.26. The average molecular weight is 385 g/mol. The Balaban J connectivity index is 1.82. The lowest BCUT2D eigenvalue weighted by Gasteiger charge is -2.19. The van der Waals surface area contributed by atoms with Gasteiger partial charge >= 0.3 is 5.97 Å². The summed E-state index contributed by atoms with van der Waals surface area (Å²) in [4.78, 5) is 24.1. The average Bonchev–Trinajstić information content (AvgIpc) is 2.66. The van der Waals surface area contributed by atoms with E-state index in [1.54, 1.807) is 31.4 Å². The van der Waals surface area contributed by atoms with E-state index in [0.717, 1.165) is 0 Å². The van der Waals surface area contributed by atoms with E-state index in [0.29, 0.717) is 17.2 Å². The molecule has 0 bridgehead atoms. The maximum Gasteiger partial charge on any atom is 0.344 e. The summed E-state index contributed by atoms with van der Waals surface area (Å²) in [5, 5.41) is 2.68. The van der Waals surface area contributed by atoms with Gasteiger partial charge in [0.15, 0.2) is 12.7 Å². The van der Waals surface area contributed by atoms with Gasteiger partial charge in [-0.25, -0.2) is 4.79 Å². The number of rotatable bonds is 7. The lowest BCUT2D eigenvalue weighted by Crippen LogP contribution is -2.31.